The second kappa shape index (κ2) is 3.92. The van der Waals surface area contributed by atoms with E-state index in [9.17, 15) is 4.79 Å². The van der Waals surface area contributed by atoms with Gasteiger partial charge in [-0.05, 0) is 36.0 Å². The first kappa shape index (κ1) is 11.5. The molecule has 1 aliphatic carbocycles. The summed E-state index contributed by atoms with van der Waals surface area (Å²) in [6.07, 6.45) is 4.57. The lowest BCUT2D eigenvalue weighted by atomic mass is 9.61. The minimum Gasteiger partial charge on any atom is -0.358 e. The van der Waals surface area contributed by atoms with Crippen molar-refractivity contribution in [2.45, 2.75) is 47.0 Å². The normalized spacial score (nSPS) is 25.7. The maximum Gasteiger partial charge on any atom is 0.207 e. The molecule has 82 valence electrons. The molecule has 0 radical (unpaired) electrons. The van der Waals surface area contributed by atoms with Crippen LogP contribution in [-0.4, -0.2) is 13.0 Å². The van der Waals surface area contributed by atoms with Crippen molar-refractivity contribution < 1.29 is 4.79 Å². The van der Waals surface area contributed by atoms with Crippen LogP contribution < -0.4 is 5.32 Å². The van der Waals surface area contributed by atoms with Crippen LogP contribution in [0.4, 0.5) is 0 Å². The number of rotatable bonds is 3. The summed E-state index contributed by atoms with van der Waals surface area (Å²) in [5.74, 6) is 0.652. The van der Waals surface area contributed by atoms with Gasteiger partial charge in [0.05, 0.1) is 0 Å². The summed E-state index contributed by atoms with van der Waals surface area (Å²) in [5.41, 5.74) is 0.855. The third-order valence-corrected chi connectivity index (χ3v) is 3.13. The Morgan fingerprint density at radius 2 is 1.71 bits per heavy atom. The zero-order chi connectivity index (χ0) is 10.8. The van der Waals surface area contributed by atoms with Gasteiger partial charge in [-0.25, -0.2) is 0 Å². The average molecular weight is 197 g/mol. The van der Waals surface area contributed by atoms with Gasteiger partial charge < -0.3 is 5.32 Å². The highest BCUT2D eigenvalue weighted by Crippen LogP contribution is 2.47. The summed E-state index contributed by atoms with van der Waals surface area (Å²) in [6.45, 7) is 10.2. The average Bonchev–Trinajstić information content (AvgIpc) is 1.94. The van der Waals surface area contributed by atoms with E-state index in [1.807, 2.05) is 0 Å². The van der Waals surface area contributed by atoms with E-state index >= 15 is 0 Å². The SMILES string of the molecule is CC1(C)CC(CNC=O)CC(C)(C)C1. The highest BCUT2D eigenvalue weighted by atomic mass is 16.1. The van der Waals surface area contributed by atoms with Crippen molar-refractivity contribution in [3.05, 3.63) is 0 Å². The number of amides is 1. The molecular formula is C12H23NO. The fraction of sp³-hybridized carbons (Fsp3) is 0.917. The Labute approximate surface area is 87.5 Å². The maximum atomic E-state index is 10.3. The Kier molecular flexibility index (Phi) is 3.23. The van der Waals surface area contributed by atoms with Gasteiger partial charge in [-0.2, -0.15) is 0 Å². The molecule has 0 atom stereocenters. The van der Waals surface area contributed by atoms with E-state index < -0.39 is 0 Å². The molecule has 1 N–H and O–H groups in total. The largest absolute Gasteiger partial charge is 0.358 e. The summed E-state index contributed by atoms with van der Waals surface area (Å²) >= 11 is 0. The molecule has 1 saturated carbocycles. The van der Waals surface area contributed by atoms with Gasteiger partial charge in [0.1, 0.15) is 0 Å². The van der Waals surface area contributed by atoms with Crippen molar-refractivity contribution in [2.24, 2.45) is 16.7 Å². The topological polar surface area (TPSA) is 29.1 Å². The molecule has 0 saturated heterocycles. The number of hydrogen-bond donors (Lipinski definition) is 1. The fourth-order valence-electron chi connectivity index (χ4n) is 3.43. The Morgan fingerprint density at radius 3 is 2.14 bits per heavy atom. The monoisotopic (exact) mass is 197 g/mol. The second-order valence-electron chi connectivity index (χ2n) is 6.31. The van der Waals surface area contributed by atoms with Crippen LogP contribution in [0.3, 0.4) is 0 Å². The van der Waals surface area contributed by atoms with Crippen LogP contribution in [-0.2, 0) is 4.79 Å². The molecular weight excluding hydrogens is 174 g/mol. The van der Waals surface area contributed by atoms with Gasteiger partial charge in [-0.3, -0.25) is 4.79 Å². The second-order valence-corrected chi connectivity index (χ2v) is 6.31. The van der Waals surface area contributed by atoms with E-state index in [1.165, 1.54) is 19.3 Å². The van der Waals surface area contributed by atoms with Crippen molar-refractivity contribution >= 4 is 6.41 Å². The van der Waals surface area contributed by atoms with Crippen LogP contribution in [0.1, 0.15) is 47.0 Å². The van der Waals surface area contributed by atoms with Crippen molar-refractivity contribution in [2.75, 3.05) is 6.54 Å². The van der Waals surface area contributed by atoms with Crippen LogP contribution in [0.25, 0.3) is 0 Å². The van der Waals surface area contributed by atoms with E-state index in [-0.39, 0.29) is 0 Å². The molecule has 14 heavy (non-hydrogen) atoms. The quantitative estimate of drug-likeness (QED) is 0.692. The zero-order valence-corrected chi connectivity index (χ0v) is 9.89. The Bertz CT molecular complexity index is 192. The molecule has 1 aliphatic rings. The molecule has 1 rings (SSSR count). The summed E-state index contributed by atoms with van der Waals surface area (Å²) in [4.78, 5) is 10.3. The van der Waals surface area contributed by atoms with Gasteiger partial charge in [0.15, 0.2) is 0 Å². The summed E-state index contributed by atoms with van der Waals surface area (Å²) < 4.78 is 0. The minimum absolute atomic E-state index is 0.428. The highest BCUT2D eigenvalue weighted by Gasteiger charge is 2.37. The van der Waals surface area contributed by atoms with E-state index in [0.29, 0.717) is 16.7 Å². The maximum absolute atomic E-state index is 10.3. The standard InChI is InChI=1S/C12H23NO/c1-11(2)5-10(7-13-9-14)6-12(3,4)8-11/h9-10H,5-8H2,1-4H3,(H,13,14). The Morgan fingerprint density at radius 1 is 1.21 bits per heavy atom. The number of nitrogens with one attached hydrogen (secondary N) is 1. The van der Waals surface area contributed by atoms with Crippen molar-refractivity contribution in [1.82, 2.24) is 5.32 Å². The molecule has 0 aromatic heterocycles. The molecule has 1 fully saturated rings. The van der Waals surface area contributed by atoms with Gasteiger partial charge >= 0.3 is 0 Å². The molecule has 0 bridgehead atoms. The predicted octanol–water partition coefficient (Wildman–Crippen LogP) is 2.58. The van der Waals surface area contributed by atoms with Crippen LogP contribution in [0.2, 0.25) is 0 Å². The van der Waals surface area contributed by atoms with Gasteiger partial charge in [0.2, 0.25) is 6.41 Å². The van der Waals surface area contributed by atoms with Gasteiger partial charge in [0.25, 0.3) is 0 Å². The van der Waals surface area contributed by atoms with E-state index in [4.69, 9.17) is 0 Å². The lowest BCUT2D eigenvalue weighted by Gasteiger charge is -2.45. The van der Waals surface area contributed by atoms with Crippen LogP contribution >= 0.6 is 0 Å². The van der Waals surface area contributed by atoms with E-state index in [0.717, 1.165) is 13.0 Å². The molecule has 0 aromatic rings. The van der Waals surface area contributed by atoms with E-state index in [1.54, 1.807) is 0 Å². The summed E-state index contributed by atoms with van der Waals surface area (Å²) in [6, 6.07) is 0. The Balaban J connectivity index is 2.57. The highest BCUT2D eigenvalue weighted by molar-refractivity contribution is 5.45. The first-order chi connectivity index (χ1) is 6.35. The van der Waals surface area contributed by atoms with Crippen LogP contribution in [0, 0.1) is 16.7 Å². The molecule has 2 heteroatoms. The van der Waals surface area contributed by atoms with Gasteiger partial charge in [0, 0.05) is 6.54 Å². The lowest BCUT2D eigenvalue weighted by molar-refractivity contribution is -0.109. The van der Waals surface area contributed by atoms with E-state index in [2.05, 4.69) is 33.0 Å². The molecule has 0 spiro atoms. The van der Waals surface area contributed by atoms with Crippen molar-refractivity contribution in [3.8, 4) is 0 Å². The molecule has 0 aliphatic heterocycles. The molecule has 1 amide bonds. The Hall–Kier alpha value is -0.530. The van der Waals surface area contributed by atoms with Gasteiger partial charge in [-0.15, -0.1) is 0 Å². The molecule has 0 aromatic carbocycles. The molecule has 2 nitrogen and oxygen atoms in total. The predicted molar refractivity (Wildman–Crippen MR) is 59.0 cm³/mol. The van der Waals surface area contributed by atoms with Crippen molar-refractivity contribution in [1.29, 1.82) is 0 Å². The molecule has 0 heterocycles. The van der Waals surface area contributed by atoms with Crippen LogP contribution in [0.5, 0.6) is 0 Å². The first-order valence-corrected chi connectivity index (χ1v) is 5.52. The first-order valence-electron chi connectivity index (χ1n) is 5.52. The number of carbonyl (C=O) groups is 1. The molecule has 0 unspecified atom stereocenters. The number of hydrogen-bond acceptors (Lipinski definition) is 1. The zero-order valence-electron chi connectivity index (χ0n) is 9.89. The van der Waals surface area contributed by atoms with Crippen LogP contribution in [0.15, 0.2) is 0 Å². The number of carbonyl (C=O) groups excluding carboxylic acids is 1. The van der Waals surface area contributed by atoms with Gasteiger partial charge in [-0.1, -0.05) is 27.7 Å². The third-order valence-electron chi connectivity index (χ3n) is 3.13. The fourth-order valence-corrected chi connectivity index (χ4v) is 3.43. The van der Waals surface area contributed by atoms with Crippen molar-refractivity contribution in [3.63, 3.8) is 0 Å². The summed E-state index contributed by atoms with van der Waals surface area (Å²) in [7, 11) is 0. The lowest BCUT2D eigenvalue weighted by Crippen LogP contribution is -2.37. The third kappa shape index (κ3) is 3.32. The smallest absolute Gasteiger partial charge is 0.207 e. The summed E-state index contributed by atoms with van der Waals surface area (Å²) in [5, 5.41) is 2.81. The minimum atomic E-state index is 0.428.